The van der Waals surface area contributed by atoms with Gasteiger partial charge in [-0.1, -0.05) is 24.3 Å². The Balaban J connectivity index is 1.59. The molecule has 0 saturated heterocycles. The van der Waals surface area contributed by atoms with Gasteiger partial charge in [0.15, 0.2) is 5.65 Å². The summed E-state index contributed by atoms with van der Waals surface area (Å²) >= 11 is 0. The largest absolute Gasteiger partial charge is 0.495 e. The summed E-state index contributed by atoms with van der Waals surface area (Å²) in [6.07, 6.45) is -3.35. The molecule has 0 fully saturated rings. The Hall–Kier alpha value is -4.15. The van der Waals surface area contributed by atoms with Gasteiger partial charge in [0.2, 0.25) is 5.91 Å². The molecule has 2 aromatic heterocycles. The van der Waals surface area contributed by atoms with Crippen molar-refractivity contribution in [3.63, 3.8) is 0 Å². The van der Waals surface area contributed by atoms with E-state index < -0.39 is 17.6 Å². The Kier molecular flexibility index (Phi) is 5.62. The van der Waals surface area contributed by atoms with Crippen molar-refractivity contribution in [3.8, 4) is 17.0 Å². The number of hydrogen-bond acceptors (Lipinski definition) is 6. The van der Waals surface area contributed by atoms with Gasteiger partial charge in [-0.2, -0.15) is 18.3 Å². The first-order valence-electron chi connectivity index (χ1n) is 9.75. The van der Waals surface area contributed by atoms with Crippen molar-refractivity contribution in [2.45, 2.75) is 12.6 Å². The van der Waals surface area contributed by atoms with E-state index in [9.17, 15) is 18.0 Å². The van der Waals surface area contributed by atoms with E-state index in [0.29, 0.717) is 33.7 Å². The van der Waals surface area contributed by atoms with E-state index in [-0.39, 0.29) is 17.8 Å². The normalized spacial score (nSPS) is 11.5. The number of anilines is 2. The fourth-order valence-corrected chi connectivity index (χ4v) is 3.49. The fourth-order valence-electron chi connectivity index (χ4n) is 3.49. The van der Waals surface area contributed by atoms with Crippen LogP contribution in [0.4, 0.5) is 24.7 Å². The van der Waals surface area contributed by atoms with Crippen LogP contribution in [0.2, 0.25) is 0 Å². The number of methoxy groups -OCH3 is 1. The zero-order chi connectivity index (χ0) is 23.8. The van der Waals surface area contributed by atoms with Crippen LogP contribution in [-0.2, 0) is 24.4 Å². The highest BCUT2D eigenvalue weighted by molar-refractivity contribution is 5.99. The minimum Gasteiger partial charge on any atom is -0.495 e. The first-order valence-corrected chi connectivity index (χ1v) is 9.75. The molecule has 0 spiro atoms. The molecular formula is C22H19F3N6O2. The van der Waals surface area contributed by atoms with Gasteiger partial charge in [-0.15, -0.1) is 0 Å². The number of nitrogens with one attached hydrogen (secondary N) is 1. The van der Waals surface area contributed by atoms with Crippen molar-refractivity contribution in [2.24, 2.45) is 7.05 Å². The van der Waals surface area contributed by atoms with Gasteiger partial charge in [0, 0.05) is 12.6 Å². The summed E-state index contributed by atoms with van der Waals surface area (Å²) in [7, 11) is 3.17. The highest BCUT2D eigenvalue weighted by Gasteiger charge is 2.30. The first-order chi connectivity index (χ1) is 15.7. The molecule has 0 aliphatic heterocycles. The monoisotopic (exact) mass is 456 g/mol. The molecule has 0 bridgehead atoms. The molecule has 33 heavy (non-hydrogen) atoms. The molecule has 0 aliphatic carbocycles. The number of ether oxygens (including phenoxy) is 1. The molecule has 0 atom stereocenters. The SMILES string of the molecule is COc1cc(-c2nn(C)c3ncnc(N)c23)ccc1NC(=O)Cc1cccc(C(F)(F)F)c1. The van der Waals surface area contributed by atoms with Crippen LogP contribution in [0.15, 0.2) is 48.8 Å². The summed E-state index contributed by atoms with van der Waals surface area (Å²) in [6.45, 7) is 0. The van der Waals surface area contributed by atoms with Crippen LogP contribution in [0.5, 0.6) is 5.75 Å². The minimum atomic E-state index is -4.48. The van der Waals surface area contributed by atoms with Crippen LogP contribution in [-0.4, -0.2) is 32.8 Å². The maximum absolute atomic E-state index is 12.9. The van der Waals surface area contributed by atoms with Crippen LogP contribution in [0.1, 0.15) is 11.1 Å². The van der Waals surface area contributed by atoms with Gasteiger partial charge in [-0.05, 0) is 23.8 Å². The number of nitrogens with zero attached hydrogens (tertiary/aromatic N) is 4. The lowest BCUT2D eigenvalue weighted by molar-refractivity contribution is -0.137. The maximum atomic E-state index is 12.9. The summed E-state index contributed by atoms with van der Waals surface area (Å²) in [6, 6.07) is 9.67. The second kappa shape index (κ2) is 8.41. The van der Waals surface area contributed by atoms with Crippen molar-refractivity contribution in [1.82, 2.24) is 19.7 Å². The molecule has 8 nitrogen and oxygen atoms in total. The molecule has 0 unspecified atom stereocenters. The van der Waals surface area contributed by atoms with E-state index in [1.165, 1.54) is 25.6 Å². The molecule has 11 heteroatoms. The lowest BCUT2D eigenvalue weighted by atomic mass is 10.1. The Morgan fingerprint density at radius 1 is 1.18 bits per heavy atom. The molecule has 4 rings (SSSR count). The Bertz CT molecular complexity index is 1350. The van der Waals surface area contributed by atoms with Gasteiger partial charge < -0.3 is 15.8 Å². The topological polar surface area (TPSA) is 108 Å². The highest BCUT2D eigenvalue weighted by Crippen LogP contribution is 2.35. The van der Waals surface area contributed by atoms with Crippen LogP contribution in [0.25, 0.3) is 22.3 Å². The molecule has 4 aromatic rings. The highest BCUT2D eigenvalue weighted by atomic mass is 19.4. The number of rotatable bonds is 5. The molecule has 3 N–H and O–H groups in total. The molecule has 2 heterocycles. The fraction of sp³-hybridized carbons (Fsp3) is 0.182. The Morgan fingerprint density at radius 3 is 2.70 bits per heavy atom. The van der Waals surface area contributed by atoms with Crippen molar-refractivity contribution >= 4 is 28.4 Å². The first kappa shape index (κ1) is 22.1. The quantitative estimate of drug-likeness (QED) is 0.473. The zero-order valence-electron chi connectivity index (χ0n) is 17.6. The molecule has 2 aromatic carbocycles. The van der Waals surface area contributed by atoms with Gasteiger partial charge in [0.25, 0.3) is 0 Å². The number of hydrogen-bond donors (Lipinski definition) is 2. The summed E-state index contributed by atoms with van der Waals surface area (Å²) in [5.41, 5.74) is 7.60. The number of alkyl halides is 3. The van der Waals surface area contributed by atoms with Gasteiger partial charge >= 0.3 is 6.18 Å². The van der Waals surface area contributed by atoms with Gasteiger partial charge in [0.05, 0.1) is 30.2 Å². The smallest absolute Gasteiger partial charge is 0.416 e. The molecule has 0 aliphatic rings. The summed E-state index contributed by atoms with van der Waals surface area (Å²) in [5.74, 6) is 0.140. The van der Waals surface area contributed by atoms with Gasteiger partial charge in [-0.25, -0.2) is 14.6 Å². The number of carbonyl (C=O) groups is 1. The number of nitrogen functional groups attached to an aromatic ring is 1. The van der Waals surface area contributed by atoms with E-state index in [0.717, 1.165) is 12.1 Å². The van der Waals surface area contributed by atoms with E-state index in [4.69, 9.17) is 10.5 Å². The van der Waals surface area contributed by atoms with E-state index in [1.807, 2.05) is 0 Å². The zero-order valence-corrected chi connectivity index (χ0v) is 17.6. The second-order valence-electron chi connectivity index (χ2n) is 7.27. The number of carbonyl (C=O) groups excluding carboxylic acids is 1. The lowest BCUT2D eigenvalue weighted by Gasteiger charge is -2.12. The third kappa shape index (κ3) is 4.43. The number of nitrogens with two attached hydrogens (primary N) is 1. The predicted octanol–water partition coefficient (Wildman–Crippen LogP) is 3.82. The summed E-state index contributed by atoms with van der Waals surface area (Å²) < 4.78 is 45.7. The van der Waals surface area contributed by atoms with Crippen LogP contribution < -0.4 is 15.8 Å². The van der Waals surface area contributed by atoms with E-state index in [1.54, 1.807) is 29.9 Å². The van der Waals surface area contributed by atoms with Crippen molar-refractivity contribution < 1.29 is 22.7 Å². The number of amides is 1. The number of fused-ring (bicyclic) bond motifs is 1. The van der Waals surface area contributed by atoms with E-state index >= 15 is 0 Å². The predicted molar refractivity (Wildman–Crippen MR) is 116 cm³/mol. The lowest BCUT2D eigenvalue weighted by Crippen LogP contribution is -2.15. The third-order valence-corrected chi connectivity index (χ3v) is 5.02. The molecule has 0 saturated carbocycles. The maximum Gasteiger partial charge on any atom is 0.416 e. The van der Waals surface area contributed by atoms with Crippen LogP contribution in [0.3, 0.4) is 0 Å². The Labute approximate surface area is 186 Å². The van der Waals surface area contributed by atoms with Crippen molar-refractivity contribution in [1.29, 1.82) is 0 Å². The van der Waals surface area contributed by atoms with Crippen molar-refractivity contribution in [2.75, 3.05) is 18.2 Å². The third-order valence-electron chi connectivity index (χ3n) is 5.02. The molecule has 170 valence electrons. The van der Waals surface area contributed by atoms with Crippen LogP contribution >= 0.6 is 0 Å². The summed E-state index contributed by atoms with van der Waals surface area (Å²) in [5, 5.41) is 7.74. The Morgan fingerprint density at radius 2 is 1.97 bits per heavy atom. The van der Waals surface area contributed by atoms with Crippen LogP contribution in [0, 0.1) is 0 Å². The second-order valence-corrected chi connectivity index (χ2v) is 7.27. The number of halogens is 3. The minimum absolute atomic E-state index is 0.229. The van der Waals surface area contributed by atoms with Gasteiger partial charge in [0.1, 0.15) is 23.6 Å². The standard InChI is InChI=1S/C22H19F3N6O2/c1-31-21-18(20(26)27-11-28-21)19(30-31)13-6-7-15(16(10-13)33-2)29-17(32)9-12-4-3-5-14(8-12)22(23,24)25/h3-8,10-11H,9H2,1-2H3,(H,29,32)(H2,26,27,28). The summed E-state index contributed by atoms with van der Waals surface area (Å²) in [4.78, 5) is 20.7. The average Bonchev–Trinajstić information content (AvgIpc) is 3.11. The molecular weight excluding hydrogens is 437 g/mol. The molecule has 0 radical (unpaired) electrons. The number of aryl methyl sites for hydroxylation is 1. The average molecular weight is 456 g/mol. The molecule has 1 amide bonds. The van der Waals surface area contributed by atoms with Gasteiger partial charge in [-0.3, -0.25) is 4.79 Å². The number of benzene rings is 2. The van der Waals surface area contributed by atoms with Crippen molar-refractivity contribution in [3.05, 3.63) is 59.9 Å². The van der Waals surface area contributed by atoms with E-state index in [2.05, 4.69) is 20.4 Å². The number of aromatic nitrogens is 4.